The van der Waals surface area contributed by atoms with Gasteiger partial charge in [-0.25, -0.2) is 4.98 Å². The van der Waals surface area contributed by atoms with Crippen molar-refractivity contribution in [1.29, 1.82) is 0 Å². The van der Waals surface area contributed by atoms with Crippen molar-refractivity contribution in [3.63, 3.8) is 0 Å². The van der Waals surface area contributed by atoms with Crippen LogP contribution in [0.3, 0.4) is 0 Å². The number of hydrogen-bond donors (Lipinski definition) is 1. The fraction of sp³-hybridized carbons (Fsp3) is 0.533. The smallest absolute Gasteiger partial charge is 0.0907 e. The molecule has 1 fully saturated rings. The minimum atomic E-state index is 0.212. The standard InChI is InChI=1S/C15H20N2S/c1-11-17-13-9-12(5-6-14(13)18-11)15(10-16)7-3-2-4-8-15/h5-6,9H,2-4,7-8,10,16H2,1H3. The normalized spacial score (nSPS) is 19.2. The average Bonchev–Trinajstić information content (AvgIpc) is 2.78. The van der Waals surface area contributed by atoms with E-state index in [1.807, 2.05) is 0 Å². The Morgan fingerprint density at radius 2 is 2.06 bits per heavy atom. The number of benzene rings is 1. The molecule has 0 atom stereocenters. The maximum atomic E-state index is 6.10. The van der Waals surface area contributed by atoms with Crippen LogP contribution in [0.2, 0.25) is 0 Å². The van der Waals surface area contributed by atoms with Crippen LogP contribution in [0.25, 0.3) is 10.2 Å². The largest absolute Gasteiger partial charge is 0.330 e. The third kappa shape index (κ3) is 1.95. The van der Waals surface area contributed by atoms with Crippen LogP contribution in [-0.4, -0.2) is 11.5 Å². The van der Waals surface area contributed by atoms with Gasteiger partial charge in [-0.2, -0.15) is 0 Å². The lowest BCUT2D eigenvalue weighted by Gasteiger charge is -2.36. The molecule has 0 aliphatic heterocycles. The van der Waals surface area contributed by atoms with E-state index >= 15 is 0 Å². The van der Waals surface area contributed by atoms with E-state index in [2.05, 4.69) is 30.1 Å². The van der Waals surface area contributed by atoms with Gasteiger partial charge in [-0.05, 0) is 37.5 Å². The average molecular weight is 260 g/mol. The van der Waals surface area contributed by atoms with Crippen molar-refractivity contribution in [3.05, 3.63) is 28.8 Å². The van der Waals surface area contributed by atoms with Gasteiger partial charge in [0, 0.05) is 12.0 Å². The second kappa shape index (κ2) is 4.63. The predicted octanol–water partition coefficient (Wildman–Crippen LogP) is 3.77. The summed E-state index contributed by atoms with van der Waals surface area (Å²) in [6, 6.07) is 6.77. The van der Waals surface area contributed by atoms with Crippen LogP contribution in [0.5, 0.6) is 0 Å². The van der Waals surface area contributed by atoms with Gasteiger partial charge in [-0.15, -0.1) is 11.3 Å². The van der Waals surface area contributed by atoms with Gasteiger partial charge >= 0.3 is 0 Å². The summed E-state index contributed by atoms with van der Waals surface area (Å²) in [6.45, 7) is 2.84. The molecule has 1 aliphatic rings. The molecule has 1 saturated carbocycles. The molecule has 3 heteroatoms. The Bertz CT molecular complexity index is 553. The molecule has 0 unspecified atom stereocenters. The molecule has 0 spiro atoms. The van der Waals surface area contributed by atoms with Gasteiger partial charge in [-0.3, -0.25) is 0 Å². The Kier molecular flexibility index (Phi) is 3.12. The fourth-order valence-corrected chi connectivity index (χ4v) is 4.02. The molecule has 18 heavy (non-hydrogen) atoms. The summed E-state index contributed by atoms with van der Waals surface area (Å²) in [6.07, 6.45) is 6.45. The van der Waals surface area contributed by atoms with Crippen molar-refractivity contribution in [1.82, 2.24) is 4.98 Å². The Balaban J connectivity index is 2.05. The number of nitrogens with zero attached hydrogens (tertiary/aromatic N) is 1. The Morgan fingerprint density at radius 1 is 1.28 bits per heavy atom. The third-order valence-electron chi connectivity index (χ3n) is 4.31. The van der Waals surface area contributed by atoms with Crippen LogP contribution in [0.4, 0.5) is 0 Å². The summed E-state index contributed by atoms with van der Waals surface area (Å²) >= 11 is 1.77. The quantitative estimate of drug-likeness (QED) is 0.892. The molecule has 0 amide bonds. The van der Waals surface area contributed by atoms with Crippen LogP contribution in [0.15, 0.2) is 18.2 Å². The molecule has 1 aromatic heterocycles. The van der Waals surface area contributed by atoms with Crippen LogP contribution in [-0.2, 0) is 5.41 Å². The second-order valence-electron chi connectivity index (χ2n) is 5.46. The van der Waals surface area contributed by atoms with Crippen molar-refractivity contribution >= 4 is 21.6 Å². The molecule has 2 aromatic rings. The molecule has 1 aliphatic carbocycles. The van der Waals surface area contributed by atoms with Gasteiger partial charge in [0.2, 0.25) is 0 Å². The highest BCUT2D eigenvalue weighted by molar-refractivity contribution is 7.18. The van der Waals surface area contributed by atoms with Crippen molar-refractivity contribution in [2.24, 2.45) is 5.73 Å². The third-order valence-corrected chi connectivity index (χ3v) is 5.26. The summed E-state index contributed by atoms with van der Waals surface area (Å²) in [7, 11) is 0. The zero-order valence-electron chi connectivity index (χ0n) is 10.9. The second-order valence-corrected chi connectivity index (χ2v) is 6.70. The summed E-state index contributed by atoms with van der Waals surface area (Å²) in [4.78, 5) is 4.61. The number of rotatable bonds is 2. The van der Waals surface area contributed by atoms with Crippen LogP contribution >= 0.6 is 11.3 Å². The minimum absolute atomic E-state index is 0.212. The highest BCUT2D eigenvalue weighted by Crippen LogP contribution is 2.39. The van der Waals surface area contributed by atoms with Gasteiger partial charge in [0.1, 0.15) is 0 Å². The maximum Gasteiger partial charge on any atom is 0.0907 e. The van der Waals surface area contributed by atoms with E-state index in [0.717, 1.165) is 17.1 Å². The molecule has 0 radical (unpaired) electrons. The summed E-state index contributed by atoms with van der Waals surface area (Å²) in [5, 5.41) is 1.15. The topological polar surface area (TPSA) is 38.9 Å². The minimum Gasteiger partial charge on any atom is -0.330 e. The van der Waals surface area contributed by atoms with E-state index in [1.54, 1.807) is 11.3 Å². The van der Waals surface area contributed by atoms with E-state index in [-0.39, 0.29) is 5.41 Å². The van der Waals surface area contributed by atoms with Crippen molar-refractivity contribution < 1.29 is 0 Å². The van der Waals surface area contributed by atoms with Gasteiger partial charge in [0.25, 0.3) is 0 Å². The fourth-order valence-electron chi connectivity index (χ4n) is 3.21. The molecule has 0 bridgehead atoms. The highest BCUT2D eigenvalue weighted by atomic mass is 32.1. The number of aromatic nitrogens is 1. The molecular weight excluding hydrogens is 240 g/mol. The monoisotopic (exact) mass is 260 g/mol. The first-order valence-electron chi connectivity index (χ1n) is 6.81. The van der Waals surface area contributed by atoms with E-state index in [4.69, 9.17) is 5.73 Å². The number of hydrogen-bond acceptors (Lipinski definition) is 3. The first kappa shape index (κ1) is 12.1. The highest BCUT2D eigenvalue weighted by Gasteiger charge is 2.32. The molecule has 2 N–H and O–H groups in total. The van der Waals surface area contributed by atoms with Crippen LogP contribution < -0.4 is 5.73 Å². The number of aryl methyl sites for hydroxylation is 1. The van der Waals surface area contributed by atoms with E-state index in [9.17, 15) is 0 Å². The Labute approximate surface area is 112 Å². The SMILES string of the molecule is Cc1nc2cc(C3(CN)CCCCC3)ccc2s1. The zero-order chi connectivity index (χ0) is 12.6. The van der Waals surface area contributed by atoms with Crippen molar-refractivity contribution in [2.45, 2.75) is 44.4 Å². The Morgan fingerprint density at radius 3 is 2.78 bits per heavy atom. The lowest BCUT2D eigenvalue weighted by molar-refractivity contribution is 0.301. The summed E-state index contributed by atoms with van der Waals surface area (Å²) in [5.74, 6) is 0. The lowest BCUT2D eigenvalue weighted by atomic mass is 9.69. The maximum absolute atomic E-state index is 6.10. The molecule has 1 heterocycles. The first-order chi connectivity index (χ1) is 8.73. The summed E-state index contributed by atoms with van der Waals surface area (Å²) < 4.78 is 1.29. The Hall–Kier alpha value is -0.930. The van der Waals surface area contributed by atoms with E-state index in [0.29, 0.717) is 0 Å². The first-order valence-corrected chi connectivity index (χ1v) is 7.63. The van der Waals surface area contributed by atoms with Gasteiger partial charge in [0.05, 0.1) is 15.2 Å². The molecule has 0 saturated heterocycles. The molecule has 3 rings (SSSR count). The van der Waals surface area contributed by atoms with Gasteiger partial charge < -0.3 is 5.73 Å². The van der Waals surface area contributed by atoms with Gasteiger partial charge in [0.15, 0.2) is 0 Å². The number of nitrogens with two attached hydrogens (primary N) is 1. The van der Waals surface area contributed by atoms with Crippen LogP contribution in [0.1, 0.15) is 42.7 Å². The predicted molar refractivity (Wildman–Crippen MR) is 78.2 cm³/mol. The zero-order valence-corrected chi connectivity index (χ0v) is 11.7. The molecular formula is C15H20N2S. The molecule has 2 nitrogen and oxygen atoms in total. The molecule has 1 aromatic carbocycles. The number of fused-ring (bicyclic) bond motifs is 1. The van der Waals surface area contributed by atoms with Crippen molar-refractivity contribution in [3.8, 4) is 0 Å². The van der Waals surface area contributed by atoms with E-state index < -0.39 is 0 Å². The number of thiazole rings is 1. The lowest BCUT2D eigenvalue weighted by Crippen LogP contribution is -2.37. The van der Waals surface area contributed by atoms with Crippen molar-refractivity contribution in [2.75, 3.05) is 6.54 Å². The van der Waals surface area contributed by atoms with Gasteiger partial charge in [-0.1, -0.05) is 25.3 Å². The summed E-state index contributed by atoms with van der Waals surface area (Å²) in [5.41, 5.74) is 8.87. The molecule has 96 valence electrons. The van der Waals surface area contributed by atoms with E-state index in [1.165, 1.54) is 42.4 Å². The van der Waals surface area contributed by atoms with Crippen LogP contribution in [0, 0.1) is 6.92 Å².